The summed E-state index contributed by atoms with van der Waals surface area (Å²) in [5.74, 6) is 0.852. The van der Waals surface area contributed by atoms with Crippen molar-refractivity contribution < 1.29 is 0 Å². The number of piperazine rings is 1. The molecule has 2 unspecified atom stereocenters. The second kappa shape index (κ2) is 6.49. The molecular weight excluding hydrogens is 184 g/mol. The Morgan fingerprint density at radius 2 is 2.13 bits per heavy atom. The molecule has 0 saturated carbocycles. The predicted octanol–water partition coefficient (Wildman–Crippen LogP) is 2.49. The average Bonchev–Trinajstić information content (AvgIpc) is 2.20. The minimum Gasteiger partial charge on any atom is -0.311 e. The average molecular weight is 212 g/mol. The molecule has 0 aromatic heterocycles. The van der Waals surface area contributed by atoms with Crippen molar-refractivity contribution in [3.05, 3.63) is 0 Å². The Balaban J connectivity index is 2.25. The van der Waals surface area contributed by atoms with Gasteiger partial charge in [-0.15, -0.1) is 0 Å². The third-order valence-electron chi connectivity index (χ3n) is 3.50. The van der Waals surface area contributed by atoms with Gasteiger partial charge in [-0.2, -0.15) is 0 Å². The van der Waals surface area contributed by atoms with Crippen LogP contribution in [-0.4, -0.2) is 36.6 Å². The molecule has 2 nitrogen and oxygen atoms in total. The van der Waals surface area contributed by atoms with Crippen molar-refractivity contribution >= 4 is 0 Å². The molecule has 2 atom stereocenters. The minimum absolute atomic E-state index is 0.722. The second-order valence-electron chi connectivity index (χ2n) is 5.39. The van der Waals surface area contributed by atoms with E-state index in [1.54, 1.807) is 0 Å². The Bertz CT molecular complexity index is 168. The monoisotopic (exact) mass is 212 g/mol. The molecule has 1 rings (SSSR count). The molecule has 15 heavy (non-hydrogen) atoms. The molecule has 1 aliphatic heterocycles. The molecule has 0 aliphatic carbocycles. The summed E-state index contributed by atoms with van der Waals surface area (Å²) >= 11 is 0. The summed E-state index contributed by atoms with van der Waals surface area (Å²) in [5.41, 5.74) is 0. The number of hydrogen-bond donors (Lipinski definition) is 1. The van der Waals surface area contributed by atoms with E-state index in [4.69, 9.17) is 0 Å². The molecule has 2 heteroatoms. The van der Waals surface area contributed by atoms with E-state index in [0.29, 0.717) is 0 Å². The Morgan fingerprint density at radius 1 is 1.40 bits per heavy atom. The van der Waals surface area contributed by atoms with E-state index in [0.717, 1.165) is 18.0 Å². The van der Waals surface area contributed by atoms with Crippen molar-refractivity contribution in [3.63, 3.8) is 0 Å². The maximum absolute atomic E-state index is 3.61. The van der Waals surface area contributed by atoms with Gasteiger partial charge in [0.15, 0.2) is 0 Å². The first-order valence-corrected chi connectivity index (χ1v) is 6.61. The van der Waals surface area contributed by atoms with Gasteiger partial charge in [-0.05, 0) is 38.6 Å². The Hall–Kier alpha value is -0.0800. The van der Waals surface area contributed by atoms with Crippen LogP contribution < -0.4 is 5.32 Å². The van der Waals surface area contributed by atoms with Crippen LogP contribution in [0.1, 0.15) is 47.0 Å². The van der Waals surface area contributed by atoms with Crippen LogP contribution in [0.4, 0.5) is 0 Å². The fraction of sp³-hybridized carbons (Fsp3) is 1.00. The zero-order chi connectivity index (χ0) is 11.3. The number of rotatable bonds is 5. The lowest BCUT2D eigenvalue weighted by Gasteiger charge is -2.38. The Labute approximate surface area is 95.4 Å². The van der Waals surface area contributed by atoms with Crippen LogP contribution in [0.25, 0.3) is 0 Å². The molecule has 90 valence electrons. The van der Waals surface area contributed by atoms with Crippen molar-refractivity contribution in [3.8, 4) is 0 Å². The molecule has 0 bridgehead atoms. The van der Waals surface area contributed by atoms with Gasteiger partial charge in [0.2, 0.25) is 0 Å². The summed E-state index contributed by atoms with van der Waals surface area (Å²) in [7, 11) is 0. The van der Waals surface area contributed by atoms with Gasteiger partial charge in [0.05, 0.1) is 0 Å². The summed E-state index contributed by atoms with van der Waals surface area (Å²) in [6, 6.07) is 1.44. The summed E-state index contributed by atoms with van der Waals surface area (Å²) in [4.78, 5) is 2.66. The van der Waals surface area contributed by atoms with Crippen molar-refractivity contribution in [2.24, 2.45) is 5.92 Å². The van der Waals surface area contributed by atoms with Gasteiger partial charge in [0.1, 0.15) is 0 Å². The summed E-state index contributed by atoms with van der Waals surface area (Å²) in [6.07, 6.45) is 3.99. The van der Waals surface area contributed by atoms with Gasteiger partial charge in [-0.3, -0.25) is 4.90 Å². The fourth-order valence-electron chi connectivity index (χ4n) is 2.28. The first kappa shape index (κ1) is 13.0. The van der Waals surface area contributed by atoms with E-state index in [9.17, 15) is 0 Å². The van der Waals surface area contributed by atoms with Gasteiger partial charge in [-0.25, -0.2) is 0 Å². The van der Waals surface area contributed by atoms with Crippen molar-refractivity contribution in [1.82, 2.24) is 10.2 Å². The number of hydrogen-bond acceptors (Lipinski definition) is 2. The highest BCUT2D eigenvalue weighted by molar-refractivity contribution is 4.82. The standard InChI is InChI=1S/C13H28N2/c1-5-13-10-15(12(4)9-14-13)8-6-7-11(2)3/h11-14H,5-10H2,1-4H3. The molecule has 1 saturated heterocycles. The lowest BCUT2D eigenvalue weighted by molar-refractivity contribution is 0.135. The molecule has 1 aliphatic rings. The van der Waals surface area contributed by atoms with Crippen molar-refractivity contribution in [2.45, 2.75) is 59.0 Å². The number of nitrogens with zero attached hydrogens (tertiary/aromatic N) is 1. The highest BCUT2D eigenvalue weighted by atomic mass is 15.2. The van der Waals surface area contributed by atoms with E-state index >= 15 is 0 Å². The molecule has 0 aromatic carbocycles. The molecule has 0 spiro atoms. The minimum atomic E-state index is 0.722. The topological polar surface area (TPSA) is 15.3 Å². The van der Waals surface area contributed by atoms with E-state index in [-0.39, 0.29) is 0 Å². The maximum atomic E-state index is 3.61. The van der Waals surface area contributed by atoms with E-state index in [2.05, 4.69) is 37.9 Å². The third-order valence-corrected chi connectivity index (χ3v) is 3.50. The van der Waals surface area contributed by atoms with E-state index in [1.807, 2.05) is 0 Å². The third kappa shape index (κ3) is 4.52. The van der Waals surface area contributed by atoms with Gasteiger partial charge in [0.25, 0.3) is 0 Å². The van der Waals surface area contributed by atoms with E-state index in [1.165, 1.54) is 38.9 Å². The van der Waals surface area contributed by atoms with Crippen LogP contribution in [0.3, 0.4) is 0 Å². The molecule has 0 aromatic rings. The van der Waals surface area contributed by atoms with Gasteiger partial charge in [-0.1, -0.05) is 20.8 Å². The molecule has 0 radical (unpaired) electrons. The predicted molar refractivity (Wildman–Crippen MR) is 67.2 cm³/mol. The Kier molecular flexibility index (Phi) is 5.62. The molecule has 0 amide bonds. The van der Waals surface area contributed by atoms with Gasteiger partial charge in [0, 0.05) is 25.2 Å². The smallest absolute Gasteiger partial charge is 0.0193 e. The van der Waals surface area contributed by atoms with E-state index < -0.39 is 0 Å². The summed E-state index contributed by atoms with van der Waals surface area (Å²) in [6.45, 7) is 13.0. The van der Waals surface area contributed by atoms with Crippen LogP contribution in [0.15, 0.2) is 0 Å². The van der Waals surface area contributed by atoms with Gasteiger partial charge < -0.3 is 5.32 Å². The van der Waals surface area contributed by atoms with Crippen molar-refractivity contribution in [1.29, 1.82) is 0 Å². The highest BCUT2D eigenvalue weighted by Crippen LogP contribution is 2.11. The molecule has 1 heterocycles. The number of nitrogens with one attached hydrogen (secondary N) is 1. The molecule has 1 fully saturated rings. The summed E-state index contributed by atoms with van der Waals surface area (Å²) in [5, 5.41) is 3.61. The van der Waals surface area contributed by atoms with Crippen LogP contribution in [0.5, 0.6) is 0 Å². The summed E-state index contributed by atoms with van der Waals surface area (Å²) < 4.78 is 0. The lowest BCUT2D eigenvalue weighted by Crippen LogP contribution is -2.55. The second-order valence-corrected chi connectivity index (χ2v) is 5.39. The lowest BCUT2D eigenvalue weighted by atomic mass is 10.0. The zero-order valence-corrected chi connectivity index (χ0v) is 10.9. The van der Waals surface area contributed by atoms with Crippen LogP contribution in [0.2, 0.25) is 0 Å². The van der Waals surface area contributed by atoms with Crippen LogP contribution in [-0.2, 0) is 0 Å². The quantitative estimate of drug-likeness (QED) is 0.753. The van der Waals surface area contributed by atoms with Crippen molar-refractivity contribution in [2.75, 3.05) is 19.6 Å². The van der Waals surface area contributed by atoms with Gasteiger partial charge >= 0.3 is 0 Å². The fourth-order valence-corrected chi connectivity index (χ4v) is 2.28. The highest BCUT2D eigenvalue weighted by Gasteiger charge is 2.22. The first-order chi connectivity index (χ1) is 7.13. The Morgan fingerprint density at radius 3 is 2.73 bits per heavy atom. The van der Waals surface area contributed by atoms with Crippen LogP contribution >= 0.6 is 0 Å². The maximum Gasteiger partial charge on any atom is 0.0193 e. The normalized spacial score (nSPS) is 28.6. The van der Waals surface area contributed by atoms with Crippen LogP contribution in [0, 0.1) is 5.92 Å². The first-order valence-electron chi connectivity index (χ1n) is 6.61. The largest absolute Gasteiger partial charge is 0.311 e. The molecular formula is C13H28N2. The zero-order valence-electron chi connectivity index (χ0n) is 10.9. The molecule has 1 N–H and O–H groups in total. The SMILES string of the molecule is CCC1CN(CCCC(C)C)C(C)CN1.